The fraction of sp³-hybridized carbons (Fsp3) is 0.455. The van der Waals surface area contributed by atoms with Crippen LogP contribution in [-0.2, 0) is 0 Å². The molecule has 1 aromatic carbocycles. The number of hydrogen-bond donors (Lipinski definition) is 1. The first kappa shape index (κ1) is 10.5. The van der Waals surface area contributed by atoms with E-state index < -0.39 is 0 Å². The maximum Gasteiger partial charge on any atom is 0.0802 e. The van der Waals surface area contributed by atoms with E-state index >= 15 is 0 Å². The van der Waals surface area contributed by atoms with Crippen LogP contribution in [0, 0.1) is 0 Å². The Kier molecular flexibility index (Phi) is 3.52. The molecule has 76 valence electrons. The van der Waals surface area contributed by atoms with E-state index in [4.69, 9.17) is 0 Å². The third-order valence-electron chi connectivity index (χ3n) is 2.46. The van der Waals surface area contributed by atoms with Crippen LogP contribution in [0.25, 0.3) is 0 Å². The highest BCUT2D eigenvalue weighted by Crippen LogP contribution is 2.35. The Balaban J connectivity index is 2.18. The summed E-state index contributed by atoms with van der Waals surface area (Å²) in [5.41, 5.74) is 1.36. The van der Waals surface area contributed by atoms with Gasteiger partial charge in [-0.1, -0.05) is 34.1 Å². The zero-order chi connectivity index (χ0) is 9.97. The second-order valence-electron chi connectivity index (χ2n) is 3.63. The lowest BCUT2D eigenvalue weighted by molar-refractivity contribution is 0.511. The molecule has 0 spiro atoms. The number of thioether (sulfide) groups is 1. The van der Waals surface area contributed by atoms with Crippen molar-refractivity contribution in [1.29, 1.82) is 0 Å². The number of nitrogens with one attached hydrogen (secondary N) is 1. The van der Waals surface area contributed by atoms with Crippen molar-refractivity contribution >= 4 is 27.7 Å². The molecule has 3 heteroatoms. The lowest BCUT2D eigenvalue weighted by Gasteiger charge is -2.29. The maximum atomic E-state index is 3.61. The molecule has 1 N–H and O–H groups in total. The predicted octanol–water partition coefficient (Wildman–Crippen LogP) is 3.56. The second kappa shape index (κ2) is 4.69. The van der Waals surface area contributed by atoms with Crippen molar-refractivity contribution in [1.82, 2.24) is 5.32 Å². The Bertz CT molecular complexity index is 316. The summed E-state index contributed by atoms with van der Waals surface area (Å²) in [6.45, 7) is 2.25. The van der Waals surface area contributed by atoms with Gasteiger partial charge in [-0.05, 0) is 30.7 Å². The van der Waals surface area contributed by atoms with Crippen molar-refractivity contribution < 1.29 is 0 Å². The van der Waals surface area contributed by atoms with Gasteiger partial charge in [-0.25, -0.2) is 0 Å². The van der Waals surface area contributed by atoms with Crippen molar-refractivity contribution in [3.05, 3.63) is 34.3 Å². The molecule has 1 aliphatic heterocycles. The Morgan fingerprint density at radius 2 is 2.21 bits per heavy atom. The molecule has 0 amide bonds. The summed E-state index contributed by atoms with van der Waals surface area (Å²) >= 11 is 5.59. The summed E-state index contributed by atoms with van der Waals surface area (Å²) in [6.07, 6.45) is 1.27. The number of rotatable bonds is 1. The van der Waals surface area contributed by atoms with Crippen molar-refractivity contribution in [3.8, 4) is 0 Å². The average Bonchev–Trinajstić information content (AvgIpc) is 2.18. The molecule has 2 atom stereocenters. The summed E-state index contributed by atoms with van der Waals surface area (Å²) in [7, 11) is 0. The van der Waals surface area contributed by atoms with Gasteiger partial charge in [-0.3, -0.25) is 5.32 Å². The van der Waals surface area contributed by atoms with Crippen LogP contribution in [0.3, 0.4) is 0 Å². The van der Waals surface area contributed by atoms with Gasteiger partial charge in [0.1, 0.15) is 0 Å². The van der Waals surface area contributed by atoms with Gasteiger partial charge in [0.15, 0.2) is 0 Å². The van der Waals surface area contributed by atoms with E-state index in [9.17, 15) is 0 Å². The standard InChI is InChI=1S/C11H14BrNS/c1-8-6-7-14-11(13-8)9-4-2-3-5-10(9)12/h2-5,8,11,13H,6-7H2,1H3. The highest BCUT2D eigenvalue weighted by molar-refractivity contribution is 9.10. The van der Waals surface area contributed by atoms with E-state index in [0.29, 0.717) is 11.4 Å². The van der Waals surface area contributed by atoms with Gasteiger partial charge in [0.2, 0.25) is 0 Å². The lowest BCUT2D eigenvalue weighted by atomic mass is 10.2. The molecule has 0 radical (unpaired) electrons. The van der Waals surface area contributed by atoms with E-state index in [-0.39, 0.29) is 0 Å². The van der Waals surface area contributed by atoms with Crippen molar-refractivity contribution in [3.63, 3.8) is 0 Å². The van der Waals surface area contributed by atoms with Gasteiger partial charge in [-0.15, -0.1) is 11.8 Å². The molecule has 1 nitrogen and oxygen atoms in total. The molecular formula is C11H14BrNS. The maximum absolute atomic E-state index is 3.61. The van der Waals surface area contributed by atoms with Gasteiger partial charge >= 0.3 is 0 Å². The molecule has 14 heavy (non-hydrogen) atoms. The zero-order valence-corrected chi connectivity index (χ0v) is 10.6. The van der Waals surface area contributed by atoms with E-state index in [2.05, 4.69) is 52.4 Å². The molecule has 1 saturated heterocycles. The summed E-state index contributed by atoms with van der Waals surface area (Å²) in [4.78, 5) is 0. The smallest absolute Gasteiger partial charge is 0.0802 e. The first-order valence-corrected chi connectivity index (χ1v) is 6.73. The van der Waals surface area contributed by atoms with Crippen LogP contribution >= 0.6 is 27.7 Å². The molecule has 1 heterocycles. The molecule has 0 aliphatic carbocycles. The van der Waals surface area contributed by atoms with Gasteiger partial charge in [0.05, 0.1) is 5.37 Å². The lowest BCUT2D eigenvalue weighted by Crippen LogP contribution is -2.33. The average molecular weight is 272 g/mol. The monoisotopic (exact) mass is 271 g/mol. The fourth-order valence-electron chi connectivity index (χ4n) is 1.62. The number of halogens is 1. The summed E-state index contributed by atoms with van der Waals surface area (Å²) in [5.74, 6) is 1.25. The van der Waals surface area contributed by atoms with Gasteiger partial charge < -0.3 is 0 Å². The minimum Gasteiger partial charge on any atom is -0.299 e. The molecule has 0 bridgehead atoms. The van der Waals surface area contributed by atoms with Gasteiger partial charge in [-0.2, -0.15) is 0 Å². The van der Waals surface area contributed by atoms with Crippen molar-refractivity contribution in [2.45, 2.75) is 24.8 Å². The quantitative estimate of drug-likeness (QED) is 0.839. The topological polar surface area (TPSA) is 12.0 Å². The van der Waals surface area contributed by atoms with Crippen molar-refractivity contribution in [2.24, 2.45) is 0 Å². The summed E-state index contributed by atoms with van der Waals surface area (Å²) in [5, 5.41) is 4.06. The molecule has 2 unspecified atom stereocenters. The SMILES string of the molecule is CC1CCSC(c2ccccc2Br)N1. The van der Waals surface area contributed by atoms with Crippen LogP contribution < -0.4 is 5.32 Å². The summed E-state index contributed by atoms with van der Waals surface area (Å²) in [6, 6.07) is 9.09. The zero-order valence-electron chi connectivity index (χ0n) is 8.16. The third-order valence-corrected chi connectivity index (χ3v) is 4.38. The molecule has 0 aromatic heterocycles. The van der Waals surface area contributed by atoms with Crippen LogP contribution in [0.5, 0.6) is 0 Å². The Morgan fingerprint density at radius 1 is 1.43 bits per heavy atom. The molecule has 2 rings (SSSR count). The third kappa shape index (κ3) is 2.33. The van der Waals surface area contributed by atoms with Gasteiger partial charge in [0, 0.05) is 10.5 Å². The normalized spacial score (nSPS) is 27.6. The Hall–Kier alpha value is 0.01000. The summed E-state index contributed by atoms with van der Waals surface area (Å²) < 4.78 is 1.21. The van der Waals surface area contributed by atoms with Crippen molar-refractivity contribution in [2.75, 3.05) is 5.75 Å². The van der Waals surface area contributed by atoms with Crippen LogP contribution in [0.1, 0.15) is 24.3 Å². The van der Waals surface area contributed by atoms with Crippen LogP contribution in [0.15, 0.2) is 28.7 Å². The minimum atomic E-state index is 0.453. The van der Waals surface area contributed by atoms with E-state index in [0.717, 1.165) is 0 Å². The molecule has 0 saturated carbocycles. The fourth-order valence-corrected chi connectivity index (χ4v) is 3.72. The first-order chi connectivity index (χ1) is 6.77. The highest BCUT2D eigenvalue weighted by Gasteiger charge is 2.20. The van der Waals surface area contributed by atoms with E-state index in [1.165, 1.54) is 22.2 Å². The highest BCUT2D eigenvalue weighted by atomic mass is 79.9. The van der Waals surface area contributed by atoms with E-state index in [1.54, 1.807) is 0 Å². The second-order valence-corrected chi connectivity index (χ2v) is 5.70. The van der Waals surface area contributed by atoms with Crippen LogP contribution in [0.4, 0.5) is 0 Å². The molecule has 1 aromatic rings. The van der Waals surface area contributed by atoms with Crippen LogP contribution in [0.2, 0.25) is 0 Å². The molecule has 1 aliphatic rings. The molecular weight excluding hydrogens is 258 g/mol. The molecule has 1 fully saturated rings. The Morgan fingerprint density at radius 3 is 2.93 bits per heavy atom. The first-order valence-electron chi connectivity index (χ1n) is 4.89. The van der Waals surface area contributed by atoms with Crippen LogP contribution in [-0.4, -0.2) is 11.8 Å². The number of benzene rings is 1. The van der Waals surface area contributed by atoms with Gasteiger partial charge in [0.25, 0.3) is 0 Å². The Labute approximate surface area is 97.8 Å². The van der Waals surface area contributed by atoms with E-state index in [1.807, 2.05) is 11.8 Å². The largest absolute Gasteiger partial charge is 0.299 e. The minimum absolute atomic E-state index is 0.453. The predicted molar refractivity (Wildman–Crippen MR) is 66.6 cm³/mol. The number of hydrogen-bond acceptors (Lipinski definition) is 2.